The standard InChI is InChI=1S/C9H18N2OS/c10-7-9(1-6-13-8-9)11-2-4-12-5-3-11/h1-8,10H2. The number of ether oxygens (including phenoxy) is 1. The van der Waals surface area contributed by atoms with Crippen LogP contribution in [0.4, 0.5) is 0 Å². The zero-order valence-electron chi connectivity index (χ0n) is 8.00. The summed E-state index contributed by atoms with van der Waals surface area (Å²) in [5, 5.41) is 0. The van der Waals surface area contributed by atoms with E-state index in [1.807, 2.05) is 11.8 Å². The second kappa shape index (κ2) is 4.17. The second-order valence-electron chi connectivity index (χ2n) is 3.83. The lowest BCUT2D eigenvalue weighted by Crippen LogP contribution is -2.57. The minimum Gasteiger partial charge on any atom is -0.379 e. The molecule has 0 saturated carbocycles. The molecular weight excluding hydrogens is 184 g/mol. The fourth-order valence-corrected chi connectivity index (χ4v) is 3.67. The van der Waals surface area contributed by atoms with Gasteiger partial charge in [-0.3, -0.25) is 4.90 Å². The molecule has 1 unspecified atom stereocenters. The van der Waals surface area contributed by atoms with Crippen LogP contribution in [0.25, 0.3) is 0 Å². The van der Waals surface area contributed by atoms with Crippen molar-refractivity contribution in [3.63, 3.8) is 0 Å². The Morgan fingerprint density at radius 3 is 2.69 bits per heavy atom. The van der Waals surface area contributed by atoms with Crippen molar-refractivity contribution in [3.05, 3.63) is 0 Å². The first kappa shape index (κ1) is 9.77. The van der Waals surface area contributed by atoms with Gasteiger partial charge in [0.2, 0.25) is 0 Å². The van der Waals surface area contributed by atoms with E-state index in [0.717, 1.165) is 32.8 Å². The molecule has 0 aromatic heterocycles. The molecule has 2 aliphatic heterocycles. The SMILES string of the molecule is NCC1(N2CCOCC2)CCSC1. The number of rotatable bonds is 2. The lowest BCUT2D eigenvalue weighted by molar-refractivity contribution is -0.0105. The van der Waals surface area contributed by atoms with Crippen molar-refractivity contribution in [1.82, 2.24) is 4.90 Å². The Hall–Kier alpha value is 0.230. The average Bonchev–Trinajstić information content (AvgIpc) is 2.69. The molecule has 4 heteroatoms. The van der Waals surface area contributed by atoms with Gasteiger partial charge in [-0.05, 0) is 12.2 Å². The van der Waals surface area contributed by atoms with Gasteiger partial charge in [0.15, 0.2) is 0 Å². The van der Waals surface area contributed by atoms with Crippen molar-refractivity contribution in [3.8, 4) is 0 Å². The molecule has 2 fully saturated rings. The highest BCUT2D eigenvalue weighted by Gasteiger charge is 2.39. The van der Waals surface area contributed by atoms with E-state index in [0.29, 0.717) is 5.54 Å². The smallest absolute Gasteiger partial charge is 0.0594 e. The van der Waals surface area contributed by atoms with Gasteiger partial charge in [0.1, 0.15) is 0 Å². The van der Waals surface area contributed by atoms with Gasteiger partial charge in [-0.2, -0.15) is 11.8 Å². The van der Waals surface area contributed by atoms with E-state index in [9.17, 15) is 0 Å². The molecule has 0 aliphatic carbocycles. The van der Waals surface area contributed by atoms with E-state index in [-0.39, 0.29) is 0 Å². The predicted molar refractivity (Wildman–Crippen MR) is 56.1 cm³/mol. The minimum atomic E-state index is 0.300. The maximum absolute atomic E-state index is 5.90. The summed E-state index contributed by atoms with van der Waals surface area (Å²) in [5.41, 5.74) is 6.20. The summed E-state index contributed by atoms with van der Waals surface area (Å²) < 4.78 is 5.36. The van der Waals surface area contributed by atoms with Crippen LogP contribution in [0.1, 0.15) is 6.42 Å². The highest BCUT2D eigenvalue weighted by molar-refractivity contribution is 7.99. The van der Waals surface area contributed by atoms with Gasteiger partial charge in [0.05, 0.1) is 13.2 Å². The van der Waals surface area contributed by atoms with Crippen LogP contribution in [-0.4, -0.2) is 54.8 Å². The highest BCUT2D eigenvalue weighted by atomic mass is 32.2. The molecule has 0 bridgehead atoms. The number of morpholine rings is 1. The third kappa shape index (κ3) is 1.86. The van der Waals surface area contributed by atoms with Gasteiger partial charge in [-0.15, -0.1) is 0 Å². The summed E-state index contributed by atoms with van der Waals surface area (Å²) in [4.78, 5) is 2.54. The van der Waals surface area contributed by atoms with Crippen LogP contribution in [0, 0.1) is 0 Å². The van der Waals surface area contributed by atoms with Crippen LogP contribution >= 0.6 is 11.8 Å². The van der Waals surface area contributed by atoms with Crippen molar-refractivity contribution in [2.24, 2.45) is 5.73 Å². The monoisotopic (exact) mass is 202 g/mol. The van der Waals surface area contributed by atoms with Gasteiger partial charge in [-0.25, -0.2) is 0 Å². The van der Waals surface area contributed by atoms with E-state index in [1.54, 1.807) is 0 Å². The van der Waals surface area contributed by atoms with Crippen LogP contribution in [0.5, 0.6) is 0 Å². The Kier molecular flexibility index (Phi) is 3.14. The maximum atomic E-state index is 5.90. The van der Waals surface area contributed by atoms with E-state index < -0.39 is 0 Å². The first-order valence-corrected chi connectivity index (χ1v) is 6.13. The Labute approximate surface area is 84.0 Å². The zero-order valence-corrected chi connectivity index (χ0v) is 8.81. The van der Waals surface area contributed by atoms with Crippen molar-refractivity contribution >= 4 is 11.8 Å². The van der Waals surface area contributed by atoms with Crippen molar-refractivity contribution < 1.29 is 4.74 Å². The Morgan fingerprint density at radius 1 is 1.38 bits per heavy atom. The molecule has 1 atom stereocenters. The van der Waals surface area contributed by atoms with Crippen LogP contribution in [0.15, 0.2) is 0 Å². The summed E-state index contributed by atoms with van der Waals surface area (Å²) in [6, 6.07) is 0. The summed E-state index contributed by atoms with van der Waals surface area (Å²) in [7, 11) is 0. The van der Waals surface area contributed by atoms with Crippen LogP contribution in [-0.2, 0) is 4.74 Å². The summed E-state index contributed by atoms with van der Waals surface area (Å²) in [5.74, 6) is 2.48. The normalized spacial score (nSPS) is 36.7. The molecule has 2 saturated heterocycles. The molecule has 13 heavy (non-hydrogen) atoms. The summed E-state index contributed by atoms with van der Waals surface area (Å²) in [6.07, 6.45) is 1.26. The second-order valence-corrected chi connectivity index (χ2v) is 4.94. The molecule has 2 N–H and O–H groups in total. The average molecular weight is 202 g/mol. The number of nitrogens with zero attached hydrogens (tertiary/aromatic N) is 1. The molecular formula is C9H18N2OS. The van der Waals surface area contributed by atoms with Gasteiger partial charge < -0.3 is 10.5 Å². The van der Waals surface area contributed by atoms with Crippen LogP contribution in [0.2, 0.25) is 0 Å². The molecule has 0 amide bonds. The molecule has 0 spiro atoms. The first-order valence-electron chi connectivity index (χ1n) is 4.98. The van der Waals surface area contributed by atoms with Gasteiger partial charge in [-0.1, -0.05) is 0 Å². The fraction of sp³-hybridized carbons (Fsp3) is 1.00. The Bertz CT molecular complexity index is 165. The molecule has 0 aromatic carbocycles. The predicted octanol–water partition coefficient (Wildman–Crippen LogP) is 0.153. The Balaban J connectivity index is 2.01. The highest BCUT2D eigenvalue weighted by Crippen LogP contribution is 2.32. The first-order chi connectivity index (χ1) is 6.37. The Morgan fingerprint density at radius 2 is 2.15 bits per heavy atom. The third-order valence-corrected chi connectivity index (χ3v) is 4.38. The van der Waals surface area contributed by atoms with Crippen LogP contribution < -0.4 is 5.73 Å². The van der Waals surface area contributed by atoms with E-state index >= 15 is 0 Å². The lowest BCUT2D eigenvalue weighted by atomic mass is 9.96. The van der Waals surface area contributed by atoms with Gasteiger partial charge >= 0.3 is 0 Å². The maximum Gasteiger partial charge on any atom is 0.0594 e. The van der Waals surface area contributed by atoms with Crippen molar-refractivity contribution in [2.75, 3.05) is 44.4 Å². The topological polar surface area (TPSA) is 38.5 Å². The number of thioether (sulfide) groups is 1. The molecule has 3 nitrogen and oxygen atoms in total. The van der Waals surface area contributed by atoms with E-state index in [4.69, 9.17) is 10.5 Å². The zero-order chi connectivity index (χ0) is 9.15. The third-order valence-electron chi connectivity index (χ3n) is 3.14. The van der Waals surface area contributed by atoms with Gasteiger partial charge in [0.25, 0.3) is 0 Å². The molecule has 2 rings (SSSR count). The number of hydrogen-bond acceptors (Lipinski definition) is 4. The van der Waals surface area contributed by atoms with E-state index in [2.05, 4.69) is 4.90 Å². The van der Waals surface area contributed by atoms with E-state index in [1.165, 1.54) is 17.9 Å². The number of nitrogens with two attached hydrogens (primary N) is 1. The fourth-order valence-electron chi connectivity index (χ4n) is 2.17. The largest absolute Gasteiger partial charge is 0.379 e. The van der Waals surface area contributed by atoms with Gasteiger partial charge in [0, 0.05) is 30.9 Å². The quantitative estimate of drug-likeness (QED) is 0.692. The number of hydrogen-bond donors (Lipinski definition) is 1. The molecule has 2 heterocycles. The molecule has 0 radical (unpaired) electrons. The lowest BCUT2D eigenvalue weighted by Gasteiger charge is -2.42. The summed E-state index contributed by atoms with van der Waals surface area (Å²) >= 11 is 2.04. The molecule has 76 valence electrons. The molecule has 2 aliphatic rings. The minimum absolute atomic E-state index is 0.300. The molecule has 0 aromatic rings. The van der Waals surface area contributed by atoms with Crippen LogP contribution in [0.3, 0.4) is 0 Å². The van der Waals surface area contributed by atoms with Crippen molar-refractivity contribution in [1.29, 1.82) is 0 Å². The summed E-state index contributed by atoms with van der Waals surface area (Å²) in [6.45, 7) is 4.70. The van der Waals surface area contributed by atoms with Crippen molar-refractivity contribution in [2.45, 2.75) is 12.0 Å².